The fourth-order valence-corrected chi connectivity index (χ4v) is 3.87. The summed E-state index contributed by atoms with van der Waals surface area (Å²) in [6.45, 7) is 3.46. The van der Waals surface area contributed by atoms with Crippen LogP contribution in [0.25, 0.3) is 0 Å². The number of nitrogens with one attached hydrogen (secondary N) is 1. The first-order chi connectivity index (χ1) is 15.8. The van der Waals surface area contributed by atoms with E-state index in [9.17, 15) is 5.11 Å². The van der Waals surface area contributed by atoms with E-state index in [0.29, 0.717) is 18.0 Å². The Balaban J connectivity index is 1.84. The molecule has 0 saturated carbocycles. The zero-order valence-corrected chi connectivity index (χ0v) is 20.5. The molecule has 0 spiro atoms. The second kappa shape index (κ2) is 21.2. The molecule has 1 aromatic rings. The molecule has 0 aromatic carbocycles. The average Bonchev–Trinajstić information content (AvgIpc) is 2.83. The van der Waals surface area contributed by atoms with E-state index in [2.05, 4.69) is 17.2 Å². The Morgan fingerprint density at radius 3 is 1.84 bits per heavy atom. The van der Waals surface area contributed by atoms with Crippen LogP contribution in [0.1, 0.15) is 115 Å². The zero-order chi connectivity index (χ0) is 23.1. The SMILES string of the molecule is CCCCCCCCCCCCCCCCCCOCC(CO)Nc1ccc(C#N)cn1. The summed E-state index contributed by atoms with van der Waals surface area (Å²) < 4.78 is 5.72. The van der Waals surface area contributed by atoms with E-state index in [1.54, 1.807) is 12.1 Å². The number of hydrogen-bond donors (Lipinski definition) is 2. The van der Waals surface area contributed by atoms with Crippen molar-refractivity contribution in [2.24, 2.45) is 0 Å². The highest BCUT2D eigenvalue weighted by Crippen LogP contribution is 2.14. The zero-order valence-electron chi connectivity index (χ0n) is 20.5. The molecule has 182 valence electrons. The van der Waals surface area contributed by atoms with Crippen LogP contribution in [0.15, 0.2) is 18.3 Å². The minimum absolute atomic E-state index is 0.0133. The van der Waals surface area contributed by atoms with Crippen LogP contribution in [0.2, 0.25) is 0 Å². The van der Waals surface area contributed by atoms with Gasteiger partial charge < -0.3 is 15.2 Å². The number of nitrogens with zero attached hydrogens (tertiary/aromatic N) is 2. The number of pyridine rings is 1. The number of aromatic nitrogens is 1. The monoisotopic (exact) mass is 445 g/mol. The van der Waals surface area contributed by atoms with Crippen molar-refractivity contribution in [1.29, 1.82) is 5.26 Å². The maximum atomic E-state index is 9.51. The van der Waals surface area contributed by atoms with E-state index in [0.717, 1.165) is 13.0 Å². The molecule has 5 heteroatoms. The quantitative estimate of drug-likeness (QED) is 0.188. The van der Waals surface area contributed by atoms with Gasteiger partial charge in [-0.2, -0.15) is 5.26 Å². The molecule has 32 heavy (non-hydrogen) atoms. The summed E-state index contributed by atoms with van der Waals surface area (Å²) in [6, 6.07) is 5.32. The molecule has 2 N–H and O–H groups in total. The van der Waals surface area contributed by atoms with Gasteiger partial charge in [-0.05, 0) is 18.6 Å². The predicted octanol–water partition coefficient (Wildman–Crippen LogP) is 7.00. The molecule has 0 fully saturated rings. The number of unbranched alkanes of at least 4 members (excludes halogenated alkanes) is 15. The van der Waals surface area contributed by atoms with E-state index >= 15 is 0 Å². The van der Waals surface area contributed by atoms with Gasteiger partial charge in [0.15, 0.2) is 0 Å². The third-order valence-corrected chi connectivity index (χ3v) is 5.93. The highest BCUT2D eigenvalue weighted by atomic mass is 16.5. The smallest absolute Gasteiger partial charge is 0.126 e. The Morgan fingerprint density at radius 2 is 1.41 bits per heavy atom. The van der Waals surface area contributed by atoms with Gasteiger partial charge in [0, 0.05) is 12.8 Å². The highest BCUT2D eigenvalue weighted by Gasteiger charge is 2.08. The fourth-order valence-electron chi connectivity index (χ4n) is 3.87. The summed E-state index contributed by atoms with van der Waals surface area (Å²) in [5, 5.41) is 21.5. The van der Waals surface area contributed by atoms with E-state index in [-0.39, 0.29) is 12.6 Å². The van der Waals surface area contributed by atoms with Gasteiger partial charge in [-0.15, -0.1) is 0 Å². The van der Waals surface area contributed by atoms with Gasteiger partial charge in [0.25, 0.3) is 0 Å². The van der Waals surface area contributed by atoms with Gasteiger partial charge in [-0.3, -0.25) is 0 Å². The topological polar surface area (TPSA) is 78.2 Å². The molecule has 1 heterocycles. The van der Waals surface area contributed by atoms with E-state index in [1.165, 1.54) is 103 Å². The minimum atomic E-state index is -0.184. The molecule has 5 nitrogen and oxygen atoms in total. The van der Waals surface area contributed by atoms with Crippen LogP contribution in [-0.4, -0.2) is 36.0 Å². The highest BCUT2D eigenvalue weighted by molar-refractivity contribution is 5.39. The molecule has 0 radical (unpaired) electrons. The second-order valence-corrected chi connectivity index (χ2v) is 8.95. The predicted molar refractivity (Wildman–Crippen MR) is 134 cm³/mol. The van der Waals surface area contributed by atoms with Gasteiger partial charge in [0.1, 0.15) is 11.9 Å². The van der Waals surface area contributed by atoms with Gasteiger partial charge in [-0.25, -0.2) is 4.98 Å². The molecule has 1 rings (SSSR count). The lowest BCUT2D eigenvalue weighted by Crippen LogP contribution is -2.29. The largest absolute Gasteiger partial charge is 0.394 e. The molecule has 0 aliphatic carbocycles. The number of rotatable bonds is 22. The van der Waals surface area contributed by atoms with Crippen LogP contribution < -0.4 is 5.32 Å². The Bertz CT molecular complexity index is 571. The van der Waals surface area contributed by atoms with Crippen molar-refractivity contribution in [1.82, 2.24) is 4.98 Å². The fraction of sp³-hybridized carbons (Fsp3) is 0.778. The normalized spacial score (nSPS) is 11.9. The van der Waals surface area contributed by atoms with Crippen molar-refractivity contribution >= 4 is 5.82 Å². The van der Waals surface area contributed by atoms with Crippen molar-refractivity contribution in [2.45, 2.75) is 116 Å². The summed E-state index contributed by atoms with van der Waals surface area (Å²) in [6.07, 6.45) is 23.4. The van der Waals surface area contributed by atoms with Gasteiger partial charge in [-0.1, -0.05) is 103 Å². The third-order valence-electron chi connectivity index (χ3n) is 5.93. The number of nitriles is 1. The van der Waals surface area contributed by atoms with Crippen LogP contribution >= 0.6 is 0 Å². The lowest BCUT2D eigenvalue weighted by Gasteiger charge is -2.17. The van der Waals surface area contributed by atoms with Crippen LogP contribution in [0, 0.1) is 11.3 Å². The van der Waals surface area contributed by atoms with Gasteiger partial charge >= 0.3 is 0 Å². The van der Waals surface area contributed by atoms with E-state index in [1.807, 2.05) is 6.07 Å². The van der Waals surface area contributed by atoms with Gasteiger partial charge in [0.2, 0.25) is 0 Å². The van der Waals surface area contributed by atoms with Crippen LogP contribution in [0.4, 0.5) is 5.82 Å². The third kappa shape index (κ3) is 16.1. The maximum Gasteiger partial charge on any atom is 0.126 e. The summed E-state index contributed by atoms with van der Waals surface area (Å²) in [5.41, 5.74) is 0.524. The molecular weight excluding hydrogens is 398 g/mol. The lowest BCUT2D eigenvalue weighted by atomic mass is 10.0. The van der Waals surface area contributed by atoms with Crippen molar-refractivity contribution in [3.63, 3.8) is 0 Å². The maximum absolute atomic E-state index is 9.51. The number of hydrogen-bond acceptors (Lipinski definition) is 5. The second-order valence-electron chi connectivity index (χ2n) is 8.95. The van der Waals surface area contributed by atoms with Crippen molar-refractivity contribution in [3.05, 3.63) is 23.9 Å². The Morgan fingerprint density at radius 1 is 0.875 bits per heavy atom. The number of aliphatic hydroxyl groups excluding tert-OH is 1. The van der Waals surface area contributed by atoms with Crippen molar-refractivity contribution in [2.75, 3.05) is 25.1 Å². The average molecular weight is 446 g/mol. The molecule has 1 unspecified atom stereocenters. The van der Waals surface area contributed by atoms with E-state index < -0.39 is 0 Å². The molecule has 0 amide bonds. The summed E-state index contributed by atoms with van der Waals surface area (Å²) in [5.74, 6) is 0.647. The summed E-state index contributed by atoms with van der Waals surface area (Å²) >= 11 is 0. The van der Waals surface area contributed by atoms with Gasteiger partial charge in [0.05, 0.1) is 24.8 Å². The number of ether oxygens (including phenoxy) is 1. The molecule has 1 aromatic heterocycles. The molecule has 1 atom stereocenters. The lowest BCUT2D eigenvalue weighted by molar-refractivity contribution is 0.103. The Hall–Kier alpha value is -1.64. The molecule has 0 bridgehead atoms. The first-order valence-electron chi connectivity index (χ1n) is 13.1. The van der Waals surface area contributed by atoms with Crippen molar-refractivity contribution in [3.8, 4) is 6.07 Å². The Labute approximate surface area is 197 Å². The number of anilines is 1. The standard InChI is InChI=1S/C27H47N3O2/c1-2-3-4-5-6-7-8-9-10-11-12-13-14-15-16-17-20-32-24-26(23-31)30-27-19-18-25(21-28)22-29-27/h18-19,22,26,31H,2-17,20,23-24H2,1H3,(H,29,30). The van der Waals surface area contributed by atoms with Crippen LogP contribution in [0.3, 0.4) is 0 Å². The minimum Gasteiger partial charge on any atom is -0.394 e. The molecule has 0 aliphatic rings. The van der Waals surface area contributed by atoms with Crippen LogP contribution in [-0.2, 0) is 4.74 Å². The number of aliphatic hydroxyl groups is 1. The Kier molecular flexibility index (Phi) is 18.8. The van der Waals surface area contributed by atoms with E-state index in [4.69, 9.17) is 10.00 Å². The first-order valence-corrected chi connectivity index (χ1v) is 13.1. The van der Waals surface area contributed by atoms with Crippen molar-refractivity contribution < 1.29 is 9.84 Å². The molecule has 0 saturated heterocycles. The summed E-state index contributed by atoms with van der Waals surface area (Å²) in [4.78, 5) is 4.17. The summed E-state index contributed by atoms with van der Waals surface area (Å²) in [7, 11) is 0. The van der Waals surface area contributed by atoms with Crippen LogP contribution in [0.5, 0.6) is 0 Å². The molecule has 0 aliphatic heterocycles. The molecular formula is C27H47N3O2. The first kappa shape index (κ1) is 28.4.